The monoisotopic (exact) mass is 652 g/mol. The van der Waals surface area contributed by atoms with Gasteiger partial charge in [-0.05, 0) is 80.8 Å². The Morgan fingerprint density at radius 1 is 1.07 bits per heavy atom. The fourth-order valence-corrected chi connectivity index (χ4v) is 6.80. The molecular formula is C32H29ClN2O9S. The number of carbonyl (C=O) groups excluding carboxylic acids is 3. The first kappa shape index (κ1) is 31.6. The molecule has 1 aliphatic heterocycles. The van der Waals surface area contributed by atoms with Gasteiger partial charge in [-0.25, -0.2) is 8.42 Å². The fourth-order valence-electron chi connectivity index (χ4n) is 5.64. The average Bonchev–Trinajstić information content (AvgIpc) is 3.25. The number of phenolic OH excluding ortho intramolecular Hbond substituents is 1. The molecule has 13 heteroatoms. The molecule has 0 bridgehead atoms. The molecule has 4 N–H and O–H groups in total. The summed E-state index contributed by atoms with van der Waals surface area (Å²) in [5.41, 5.74) is 0.150. The number of ether oxygens (including phenoxy) is 2. The fraction of sp³-hybridized carbons (Fsp3) is 0.219. The molecule has 2 aliphatic rings. The second kappa shape index (κ2) is 11.3. The molecule has 1 heterocycles. The molecule has 1 aliphatic carbocycles. The summed E-state index contributed by atoms with van der Waals surface area (Å²) in [6.45, 7) is 6.14. The van der Waals surface area contributed by atoms with Crippen molar-refractivity contribution in [3.63, 3.8) is 0 Å². The molecule has 0 unspecified atom stereocenters. The molecule has 3 aromatic carbocycles. The maximum atomic E-state index is 13.7. The zero-order chi connectivity index (χ0) is 33.0. The molecule has 5 rings (SSSR count). The van der Waals surface area contributed by atoms with E-state index >= 15 is 0 Å². The summed E-state index contributed by atoms with van der Waals surface area (Å²) in [5, 5.41) is 24.5. The average molecular weight is 653 g/mol. The molecule has 0 radical (unpaired) electrons. The van der Waals surface area contributed by atoms with Crippen LogP contribution in [0.3, 0.4) is 0 Å². The van der Waals surface area contributed by atoms with Crippen molar-refractivity contribution in [3.05, 3.63) is 98.5 Å². The molecule has 0 fully saturated rings. The number of aliphatic hydroxyl groups is 1. The maximum absolute atomic E-state index is 13.7. The van der Waals surface area contributed by atoms with Crippen molar-refractivity contribution in [2.24, 2.45) is 0 Å². The Kier molecular flexibility index (Phi) is 7.92. The lowest BCUT2D eigenvalue weighted by atomic mass is 9.71. The number of aliphatic hydroxyl groups excluding tert-OH is 1. The van der Waals surface area contributed by atoms with Crippen molar-refractivity contribution in [1.82, 2.24) is 5.32 Å². The number of aromatic hydroxyl groups is 1. The van der Waals surface area contributed by atoms with Crippen molar-refractivity contribution < 1.29 is 42.5 Å². The van der Waals surface area contributed by atoms with Crippen LogP contribution < -0.4 is 19.5 Å². The lowest BCUT2D eigenvalue weighted by molar-refractivity contribution is -0.123. The number of allylic oxidation sites excluding steroid dienone is 3. The van der Waals surface area contributed by atoms with E-state index in [-0.39, 0.29) is 39.8 Å². The number of ketones is 2. The molecule has 1 atom stereocenters. The minimum atomic E-state index is -3.88. The highest BCUT2D eigenvalue weighted by atomic mass is 35.5. The number of benzene rings is 3. The Labute approximate surface area is 264 Å². The maximum Gasteiger partial charge on any atom is 0.261 e. The van der Waals surface area contributed by atoms with E-state index in [1.807, 2.05) is 0 Å². The minimum Gasteiger partial charge on any atom is -0.507 e. The van der Waals surface area contributed by atoms with Gasteiger partial charge in [-0.1, -0.05) is 11.6 Å². The van der Waals surface area contributed by atoms with Crippen LogP contribution >= 0.6 is 11.6 Å². The number of sulfonamides is 1. The number of hydrogen-bond acceptors (Lipinski definition) is 9. The number of hydrogen-bond donors (Lipinski definition) is 4. The van der Waals surface area contributed by atoms with Crippen LogP contribution in [0.2, 0.25) is 5.02 Å². The van der Waals surface area contributed by atoms with Crippen molar-refractivity contribution >= 4 is 44.8 Å². The predicted molar refractivity (Wildman–Crippen MR) is 165 cm³/mol. The van der Waals surface area contributed by atoms with Gasteiger partial charge in [-0.15, -0.1) is 0 Å². The number of fused-ring (bicyclic) bond motifs is 3. The number of phenols is 1. The molecule has 1 amide bonds. The number of anilines is 1. The van der Waals surface area contributed by atoms with E-state index < -0.39 is 50.0 Å². The van der Waals surface area contributed by atoms with Gasteiger partial charge in [0.15, 0.2) is 17.3 Å². The van der Waals surface area contributed by atoms with Crippen LogP contribution in [-0.4, -0.2) is 43.2 Å². The summed E-state index contributed by atoms with van der Waals surface area (Å²) in [4.78, 5) is 39.4. The van der Waals surface area contributed by atoms with Crippen LogP contribution in [0.15, 0.2) is 70.5 Å². The minimum absolute atomic E-state index is 0.0231. The van der Waals surface area contributed by atoms with Gasteiger partial charge in [0, 0.05) is 29.4 Å². The number of amides is 1. The molecule has 0 aromatic heterocycles. The normalized spacial score (nSPS) is 17.2. The van der Waals surface area contributed by atoms with E-state index in [1.54, 1.807) is 26.0 Å². The zero-order valence-corrected chi connectivity index (χ0v) is 26.4. The van der Waals surface area contributed by atoms with Gasteiger partial charge in [0.25, 0.3) is 15.9 Å². The Morgan fingerprint density at radius 3 is 2.27 bits per heavy atom. The quantitative estimate of drug-likeness (QED) is 0.247. The predicted octanol–water partition coefficient (Wildman–Crippen LogP) is 4.92. The van der Waals surface area contributed by atoms with Gasteiger partial charge in [0.1, 0.15) is 39.6 Å². The molecule has 234 valence electrons. The highest BCUT2D eigenvalue weighted by Gasteiger charge is 2.55. The van der Waals surface area contributed by atoms with E-state index in [1.165, 1.54) is 44.4 Å². The Morgan fingerprint density at radius 2 is 1.69 bits per heavy atom. The lowest BCUT2D eigenvalue weighted by Crippen LogP contribution is -2.38. The van der Waals surface area contributed by atoms with E-state index in [9.17, 15) is 33.0 Å². The van der Waals surface area contributed by atoms with Gasteiger partial charge in [0.05, 0.1) is 17.6 Å². The van der Waals surface area contributed by atoms with Gasteiger partial charge in [0.2, 0.25) is 0 Å². The highest BCUT2D eigenvalue weighted by molar-refractivity contribution is 7.92. The third kappa shape index (κ3) is 5.29. The topological polar surface area (TPSA) is 168 Å². The SMILES string of the molecule is COc1cc(O)c2c(c1C(=O)NCc1c(C)cc(NS(=O)(=O)c3ccc(Cl)cc3)cc1C)OC1=CC(O)=C(C(C)=O)C(=O)[C@]12C. The number of halogens is 1. The molecule has 0 saturated carbocycles. The number of nitrogens with one attached hydrogen (secondary N) is 2. The van der Waals surface area contributed by atoms with Gasteiger partial charge in [-0.3, -0.25) is 19.1 Å². The second-order valence-electron chi connectivity index (χ2n) is 10.9. The van der Waals surface area contributed by atoms with Gasteiger partial charge < -0.3 is 25.0 Å². The molecule has 45 heavy (non-hydrogen) atoms. The second-order valence-corrected chi connectivity index (χ2v) is 13.0. The molecule has 3 aromatic rings. The summed E-state index contributed by atoms with van der Waals surface area (Å²) >= 11 is 5.88. The van der Waals surface area contributed by atoms with Crippen molar-refractivity contribution in [1.29, 1.82) is 0 Å². The van der Waals surface area contributed by atoms with E-state index in [0.29, 0.717) is 27.4 Å². The highest BCUT2D eigenvalue weighted by Crippen LogP contribution is 2.56. The summed E-state index contributed by atoms with van der Waals surface area (Å²) in [7, 11) is -2.58. The van der Waals surface area contributed by atoms with E-state index in [0.717, 1.165) is 13.0 Å². The largest absolute Gasteiger partial charge is 0.507 e. The first-order valence-corrected chi connectivity index (χ1v) is 15.5. The number of rotatable bonds is 8. The lowest BCUT2D eigenvalue weighted by Gasteiger charge is -2.27. The van der Waals surface area contributed by atoms with Crippen LogP contribution in [-0.2, 0) is 31.6 Å². The van der Waals surface area contributed by atoms with Gasteiger partial charge in [-0.2, -0.15) is 0 Å². The first-order chi connectivity index (χ1) is 21.1. The van der Waals surface area contributed by atoms with Gasteiger partial charge >= 0.3 is 0 Å². The zero-order valence-electron chi connectivity index (χ0n) is 24.9. The third-order valence-electron chi connectivity index (χ3n) is 7.93. The smallest absolute Gasteiger partial charge is 0.261 e. The standard InChI is InChI=1S/C32H29ClN2O9S/c1-15-10-19(35-45(41,42)20-8-6-18(33)7-9-20)11-16(2)21(15)14-34-31(40)27-24(43-5)12-23(38)28-29(27)44-25-13-22(37)26(17(3)36)30(39)32(25,28)4/h6-13,35,37-38H,14H2,1-5H3,(H,34,40)/t32-/m1/s1. The van der Waals surface area contributed by atoms with Crippen molar-refractivity contribution in [2.75, 3.05) is 11.8 Å². The summed E-state index contributed by atoms with van der Waals surface area (Å²) in [6, 6.07) is 10.2. The van der Waals surface area contributed by atoms with Crippen LogP contribution in [0.5, 0.6) is 17.2 Å². The van der Waals surface area contributed by atoms with Crippen LogP contribution in [0.4, 0.5) is 5.69 Å². The van der Waals surface area contributed by atoms with Crippen LogP contribution in [0.25, 0.3) is 0 Å². The van der Waals surface area contributed by atoms with Crippen molar-refractivity contribution in [3.8, 4) is 17.2 Å². The van der Waals surface area contributed by atoms with Crippen LogP contribution in [0.1, 0.15) is 46.5 Å². The summed E-state index contributed by atoms with van der Waals surface area (Å²) in [5.74, 6) is -3.33. The van der Waals surface area contributed by atoms with Crippen LogP contribution in [0, 0.1) is 13.8 Å². The molecule has 0 saturated heterocycles. The van der Waals surface area contributed by atoms with Crippen molar-refractivity contribution in [2.45, 2.75) is 44.6 Å². The number of methoxy groups -OCH3 is 1. The first-order valence-electron chi connectivity index (χ1n) is 13.6. The Hall–Kier alpha value is -4.81. The molecule has 11 nitrogen and oxygen atoms in total. The Balaban J connectivity index is 1.44. The molecular weight excluding hydrogens is 624 g/mol. The number of aryl methyl sites for hydroxylation is 2. The number of carbonyl (C=O) groups is 3. The summed E-state index contributed by atoms with van der Waals surface area (Å²) < 4.78 is 39.6. The summed E-state index contributed by atoms with van der Waals surface area (Å²) in [6.07, 6.45) is 1.13. The Bertz CT molecular complexity index is 1960. The third-order valence-corrected chi connectivity index (χ3v) is 9.58. The molecule has 0 spiro atoms. The van der Waals surface area contributed by atoms with E-state index in [4.69, 9.17) is 21.1 Å². The number of Topliss-reactive ketones (excluding diaryl/α,β-unsaturated/α-hetero) is 2. The van der Waals surface area contributed by atoms with E-state index in [2.05, 4.69) is 10.0 Å².